The van der Waals surface area contributed by atoms with Crippen molar-refractivity contribution in [2.75, 3.05) is 0 Å². The van der Waals surface area contributed by atoms with Crippen molar-refractivity contribution in [2.24, 2.45) is 0 Å². The molecule has 102 valence electrons. The highest BCUT2D eigenvalue weighted by atomic mass is 32.1. The molecular weight excluding hydrogens is 282 g/mol. The summed E-state index contributed by atoms with van der Waals surface area (Å²) in [5, 5.41) is 13.9. The van der Waals surface area contributed by atoms with Crippen LogP contribution < -0.4 is 0 Å². The Labute approximate surface area is 124 Å². The number of fused-ring (bicyclic) bond motifs is 1. The van der Waals surface area contributed by atoms with E-state index >= 15 is 0 Å². The van der Waals surface area contributed by atoms with Crippen LogP contribution in [0.15, 0.2) is 48.7 Å². The lowest BCUT2D eigenvalue weighted by atomic mass is 10.1. The molecule has 0 saturated heterocycles. The Morgan fingerprint density at radius 1 is 1.00 bits per heavy atom. The maximum absolute atomic E-state index is 4.61. The number of pyridine rings is 1. The number of benzene rings is 1. The zero-order valence-electron chi connectivity index (χ0n) is 11.3. The third-order valence-electron chi connectivity index (χ3n) is 3.26. The Bertz CT molecular complexity index is 910. The van der Waals surface area contributed by atoms with E-state index in [1.807, 2.05) is 36.4 Å². The first-order valence-electron chi connectivity index (χ1n) is 6.52. The number of hydrogen-bond donors (Lipinski definition) is 0. The Morgan fingerprint density at radius 3 is 2.67 bits per heavy atom. The van der Waals surface area contributed by atoms with Gasteiger partial charge in [0.25, 0.3) is 0 Å². The maximum Gasteiger partial charge on any atom is 0.235 e. The van der Waals surface area contributed by atoms with Crippen molar-refractivity contribution < 1.29 is 0 Å². The minimum absolute atomic E-state index is 0.765. The Kier molecular flexibility index (Phi) is 2.75. The molecule has 6 heteroatoms. The van der Waals surface area contributed by atoms with Gasteiger partial charge in [-0.1, -0.05) is 41.7 Å². The van der Waals surface area contributed by atoms with Crippen LogP contribution in [0.1, 0.15) is 5.56 Å². The van der Waals surface area contributed by atoms with Gasteiger partial charge in [0.15, 0.2) is 10.8 Å². The molecule has 3 heterocycles. The molecule has 0 bridgehead atoms. The van der Waals surface area contributed by atoms with Crippen LogP contribution in [0.5, 0.6) is 0 Å². The lowest BCUT2D eigenvalue weighted by Gasteiger charge is -2.00. The predicted octanol–water partition coefficient (Wildman–Crippen LogP) is 3.22. The second kappa shape index (κ2) is 4.75. The van der Waals surface area contributed by atoms with E-state index in [9.17, 15) is 0 Å². The number of rotatable bonds is 2. The summed E-state index contributed by atoms with van der Waals surface area (Å²) in [6, 6.07) is 13.9. The van der Waals surface area contributed by atoms with Gasteiger partial charge in [0.05, 0.1) is 0 Å². The van der Waals surface area contributed by atoms with E-state index in [1.54, 1.807) is 10.7 Å². The molecular formula is C15H11N5S. The Hall–Kier alpha value is -2.60. The summed E-state index contributed by atoms with van der Waals surface area (Å²) in [5.74, 6) is 0.765. The van der Waals surface area contributed by atoms with Crippen LogP contribution in [-0.2, 0) is 0 Å². The Balaban J connectivity index is 1.90. The van der Waals surface area contributed by atoms with Crippen molar-refractivity contribution in [1.82, 2.24) is 24.8 Å². The predicted molar refractivity (Wildman–Crippen MR) is 82.1 cm³/mol. The largest absolute Gasteiger partial charge is 0.254 e. The van der Waals surface area contributed by atoms with E-state index in [-0.39, 0.29) is 0 Å². The fourth-order valence-electron chi connectivity index (χ4n) is 2.20. The van der Waals surface area contributed by atoms with Crippen molar-refractivity contribution in [3.63, 3.8) is 0 Å². The molecule has 0 N–H and O–H groups in total. The lowest BCUT2D eigenvalue weighted by Crippen LogP contribution is -1.93. The molecule has 0 aliphatic rings. The monoisotopic (exact) mass is 293 g/mol. The molecule has 21 heavy (non-hydrogen) atoms. The molecule has 0 saturated carbocycles. The van der Waals surface area contributed by atoms with Gasteiger partial charge < -0.3 is 0 Å². The maximum atomic E-state index is 4.61. The van der Waals surface area contributed by atoms with E-state index in [1.165, 1.54) is 11.3 Å². The van der Waals surface area contributed by atoms with Crippen molar-refractivity contribution >= 4 is 16.3 Å². The van der Waals surface area contributed by atoms with E-state index in [0.29, 0.717) is 0 Å². The van der Waals surface area contributed by atoms with Crippen LogP contribution in [0.4, 0.5) is 0 Å². The van der Waals surface area contributed by atoms with Crippen molar-refractivity contribution in [3.8, 4) is 22.1 Å². The highest BCUT2D eigenvalue weighted by Gasteiger charge is 2.15. The zero-order valence-corrected chi connectivity index (χ0v) is 12.1. The number of aromatic nitrogens is 5. The number of hydrogen-bond acceptors (Lipinski definition) is 5. The van der Waals surface area contributed by atoms with Gasteiger partial charge >= 0.3 is 0 Å². The molecule has 4 aromatic rings. The summed E-state index contributed by atoms with van der Waals surface area (Å²) < 4.78 is 1.79. The first-order valence-corrected chi connectivity index (χ1v) is 7.34. The lowest BCUT2D eigenvalue weighted by molar-refractivity contribution is 0.965. The van der Waals surface area contributed by atoms with Crippen LogP contribution in [0, 0.1) is 6.92 Å². The van der Waals surface area contributed by atoms with Crippen LogP contribution in [0.25, 0.3) is 27.1 Å². The van der Waals surface area contributed by atoms with Crippen molar-refractivity contribution in [1.29, 1.82) is 0 Å². The number of nitrogens with zero attached hydrogens (tertiary/aromatic N) is 5. The molecule has 0 amide bonds. The minimum atomic E-state index is 0.765. The van der Waals surface area contributed by atoms with E-state index in [2.05, 4.69) is 33.3 Å². The van der Waals surface area contributed by atoms with Crippen LogP contribution in [0.2, 0.25) is 0 Å². The molecule has 0 atom stereocenters. The SMILES string of the molecule is Cc1ccccc1-c1nnc2sc(-c3ccccn3)nn12. The highest BCUT2D eigenvalue weighted by molar-refractivity contribution is 7.19. The molecule has 4 rings (SSSR count). The fraction of sp³-hybridized carbons (Fsp3) is 0.0667. The summed E-state index contributed by atoms with van der Waals surface area (Å²) in [4.78, 5) is 5.10. The third-order valence-corrected chi connectivity index (χ3v) is 4.18. The van der Waals surface area contributed by atoms with Gasteiger partial charge in [0.2, 0.25) is 4.96 Å². The minimum Gasteiger partial charge on any atom is -0.254 e. The molecule has 0 radical (unpaired) electrons. The normalized spacial score (nSPS) is 11.1. The topological polar surface area (TPSA) is 56.0 Å². The van der Waals surface area contributed by atoms with Gasteiger partial charge in [-0.15, -0.1) is 10.2 Å². The summed E-state index contributed by atoms with van der Waals surface area (Å²) in [6.45, 7) is 2.06. The first kappa shape index (κ1) is 12.2. The van der Waals surface area contributed by atoms with Gasteiger partial charge in [-0.25, -0.2) is 0 Å². The smallest absolute Gasteiger partial charge is 0.235 e. The summed E-state index contributed by atoms with van der Waals surface area (Å²) in [7, 11) is 0. The van der Waals surface area contributed by atoms with Crippen molar-refractivity contribution in [3.05, 3.63) is 54.2 Å². The highest BCUT2D eigenvalue weighted by Crippen LogP contribution is 2.27. The van der Waals surface area contributed by atoms with Crippen LogP contribution in [0.3, 0.4) is 0 Å². The average Bonchev–Trinajstić information content (AvgIpc) is 3.09. The number of aryl methyl sites for hydroxylation is 1. The van der Waals surface area contributed by atoms with E-state index < -0.39 is 0 Å². The van der Waals surface area contributed by atoms with Crippen LogP contribution in [-0.4, -0.2) is 24.8 Å². The molecule has 0 unspecified atom stereocenters. The molecule has 0 aliphatic carbocycles. The van der Waals surface area contributed by atoms with E-state index in [0.717, 1.165) is 32.6 Å². The van der Waals surface area contributed by atoms with Gasteiger partial charge in [-0.2, -0.15) is 9.61 Å². The van der Waals surface area contributed by atoms with Crippen LogP contribution >= 0.6 is 11.3 Å². The van der Waals surface area contributed by atoms with Gasteiger partial charge in [-0.3, -0.25) is 4.98 Å². The van der Waals surface area contributed by atoms with Gasteiger partial charge in [-0.05, 0) is 24.6 Å². The third kappa shape index (κ3) is 2.00. The molecule has 0 fully saturated rings. The molecule has 5 nitrogen and oxygen atoms in total. The molecule has 1 aromatic carbocycles. The average molecular weight is 293 g/mol. The molecule has 0 aliphatic heterocycles. The molecule has 3 aromatic heterocycles. The summed E-state index contributed by atoms with van der Waals surface area (Å²) in [6.07, 6.45) is 1.76. The zero-order chi connectivity index (χ0) is 14.2. The summed E-state index contributed by atoms with van der Waals surface area (Å²) >= 11 is 1.49. The summed E-state index contributed by atoms with van der Waals surface area (Å²) in [5.41, 5.74) is 3.05. The second-order valence-electron chi connectivity index (χ2n) is 4.66. The second-order valence-corrected chi connectivity index (χ2v) is 5.61. The Morgan fingerprint density at radius 2 is 1.86 bits per heavy atom. The molecule has 0 spiro atoms. The first-order chi connectivity index (χ1) is 10.3. The quantitative estimate of drug-likeness (QED) is 0.569. The fourth-order valence-corrected chi connectivity index (χ4v) is 3.02. The standard InChI is InChI=1S/C15H11N5S/c1-10-6-2-3-7-11(10)13-17-18-15-20(13)19-14(21-15)12-8-4-5-9-16-12/h2-9H,1H3. The van der Waals surface area contributed by atoms with Crippen molar-refractivity contribution in [2.45, 2.75) is 6.92 Å². The van der Waals surface area contributed by atoms with E-state index in [4.69, 9.17) is 0 Å². The van der Waals surface area contributed by atoms with Gasteiger partial charge in [0.1, 0.15) is 5.69 Å². The van der Waals surface area contributed by atoms with Gasteiger partial charge in [0, 0.05) is 11.8 Å².